The Morgan fingerprint density at radius 1 is 1.23 bits per heavy atom. The predicted molar refractivity (Wildman–Crippen MR) is 55.6 cm³/mol. The highest BCUT2D eigenvalue weighted by molar-refractivity contribution is 6.07. The van der Waals surface area contributed by atoms with E-state index in [1.54, 1.807) is 0 Å². The highest BCUT2D eigenvalue weighted by atomic mass is 16.1. The molecule has 0 aromatic carbocycles. The molecule has 1 aliphatic carbocycles. The predicted octanol–water partition coefficient (Wildman–Crippen LogP) is 3.49. The second-order valence-electron chi connectivity index (χ2n) is 4.53. The first-order valence-electron chi connectivity index (χ1n) is 5.34. The second-order valence-corrected chi connectivity index (χ2v) is 4.53. The van der Waals surface area contributed by atoms with Crippen LogP contribution in [0.5, 0.6) is 0 Å². The Morgan fingerprint density at radius 3 is 2.38 bits per heavy atom. The summed E-state index contributed by atoms with van der Waals surface area (Å²) >= 11 is 0. The lowest BCUT2D eigenvalue weighted by Crippen LogP contribution is -2.33. The van der Waals surface area contributed by atoms with E-state index in [0.29, 0.717) is 5.78 Å². The summed E-state index contributed by atoms with van der Waals surface area (Å²) in [5.74, 6) is 0.365. The van der Waals surface area contributed by atoms with Crippen molar-refractivity contribution in [2.45, 2.75) is 52.9 Å². The third kappa shape index (κ3) is 2.43. The molecule has 0 unspecified atom stereocenters. The van der Waals surface area contributed by atoms with Crippen molar-refractivity contribution in [3.63, 3.8) is 0 Å². The van der Waals surface area contributed by atoms with Crippen LogP contribution in [0.1, 0.15) is 52.9 Å². The van der Waals surface area contributed by atoms with Crippen LogP contribution in [0.4, 0.5) is 0 Å². The Kier molecular flexibility index (Phi) is 3.29. The molecule has 74 valence electrons. The molecule has 0 aromatic rings. The molecule has 0 fully saturated rings. The minimum absolute atomic E-state index is 0.153. The lowest BCUT2D eigenvalue weighted by atomic mass is 9.71. The molecule has 1 nitrogen and oxygen atoms in total. The number of carbonyl (C=O) groups is 1. The van der Waals surface area contributed by atoms with Gasteiger partial charge in [0.1, 0.15) is 0 Å². The van der Waals surface area contributed by atoms with E-state index in [4.69, 9.17) is 0 Å². The molecular formula is C12H20O. The minimum Gasteiger partial charge on any atom is -0.294 e. The van der Waals surface area contributed by atoms with Crippen molar-refractivity contribution < 1.29 is 4.79 Å². The van der Waals surface area contributed by atoms with Crippen LogP contribution in [0.15, 0.2) is 11.6 Å². The maximum atomic E-state index is 11.5. The first-order valence-corrected chi connectivity index (χ1v) is 5.34. The number of unbranched alkanes of at least 4 members (excludes halogenated alkanes) is 3. The van der Waals surface area contributed by atoms with Crippen molar-refractivity contribution in [1.29, 1.82) is 0 Å². The van der Waals surface area contributed by atoms with Gasteiger partial charge in [0.15, 0.2) is 5.78 Å². The third-order valence-electron chi connectivity index (χ3n) is 2.71. The molecule has 0 radical (unpaired) electrons. The summed E-state index contributed by atoms with van der Waals surface area (Å²) in [6.07, 6.45) is 8.13. The molecule has 0 bridgehead atoms. The second kappa shape index (κ2) is 4.08. The number of carbonyl (C=O) groups excluding carboxylic acids is 1. The van der Waals surface area contributed by atoms with Crippen LogP contribution in [0.25, 0.3) is 0 Å². The van der Waals surface area contributed by atoms with Crippen LogP contribution in [-0.4, -0.2) is 5.78 Å². The molecule has 0 spiro atoms. The Hall–Kier alpha value is -0.590. The molecule has 0 saturated carbocycles. The first-order chi connectivity index (χ1) is 6.08. The van der Waals surface area contributed by atoms with Gasteiger partial charge in [0.05, 0.1) is 0 Å². The van der Waals surface area contributed by atoms with Gasteiger partial charge in [0.2, 0.25) is 0 Å². The number of ketones is 1. The molecule has 1 rings (SSSR count). The summed E-state index contributed by atoms with van der Waals surface area (Å²) in [6, 6.07) is 0. The molecule has 0 aliphatic heterocycles. The van der Waals surface area contributed by atoms with Crippen molar-refractivity contribution in [3.05, 3.63) is 11.6 Å². The van der Waals surface area contributed by atoms with E-state index in [-0.39, 0.29) is 5.41 Å². The lowest BCUT2D eigenvalue weighted by Gasteiger charge is -2.30. The first kappa shape index (κ1) is 10.5. The average Bonchev–Trinajstić information content (AvgIpc) is 2.10. The normalized spacial score (nSPS) is 19.6. The van der Waals surface area contributed by atoms with Crippen LogP contribution in [0, 0.1) is 5.41 Å². The fourth-order valence-electron chi connectivity index (χ4n) is 1.83. The SMILES string of the molecule is CCCCCCC1=CC(C)(C)C1=O. The summed E-state index contributed by atoms with van der Waals surface area (Å²) in [5, 5.41) is 0. The lowest BCUT2D eigenvalue weighted by molar-refractivity contribution is -0.123. The molecule has 0 saturated heterocycles. The summed E-state index contributed by atoms with van der Waals surface area (Å²) in [7, 11) is 0. The molecule has 0 aromatic heterocycles. The van der Waals surface area contributed by atoms with Gasteiger partial charge in [-0.2, -0.15) is 0 Å². The van der Waals surface area contributed by atoms with E-state index in [1.807, 2.05) is 13.8 Å². The van der Waals surface area contributed by atoms with Crippen molar-refractivity contribution in [3.8, 4) is 0 Å². The molecule has 0 atom stereocenters. The maximum Gasteiger partial charge on any atom is 0.167 e. The van der Waals surface area contributed by atoms with Gasteiger partial charge in [-0.05, 0) is 32.3 Å². The molecule has 13 heavy (non-hydrogen) atoms. The van der Waals surface area contributed by atoms with E-state index in [2.05, 4.69) is 13.0 Å². The number of Topliss-reactive ketones (excluding diaryl/α,β-unsaturated/α-hetero) is 1. The number of hydrogen-bond donors (Lipinski definition) is 0. The Bertz CT molecular complexity index is 223. The highest BCUT2D eigenvalue weighted by Gasteiger charge is 2.36. The number of rotatable bonds is 5. The van der Waals surface area contributed by atoms with Gasteiger partial charge >= 0.3 is 0 Å². The Labute approximate surface area is 81.2 Å². The zero-order chi connectivity index (χ0) is 9.90. The molecular weight excluding hydrogens is 160 g/mol. The van der Waals surface area contributed by atoms with E-state index in [9.17, 15) is 4.79 Å². The van der Waals surface area contributed by atoms with E-state index >= 15 is 0 Å². The summed E-state index contributed by atoms with van der Waals surface area (Å²) in [4.78, 5) is 11.5. The zero-order valence-corrected chi connectivity index (χ0v) is 9.02. The van der Waals surface area contributed by atoms with Gasteiger partial charge in [-0.15, -0.1) is 0 Å². The van der Waals surface area contributed by atoms with Crippen LogP contribution in [-0.2, 0) is 4.79 Å². The number of hydrogen-bond acceptors (Lipinski definition) is 1. The van der Waals surface area contributed by atoms with Crippen molar-refractivity contribution in [2.75, 3.05) is 0 Å². The Morgan fingerprint density at radius 2 is 1.92 bits per heavy atom. The standard InChI is InChI=1S/C12H20O/c1-4-5-6-7-8-10-9-12(2,3)11(10)13/h9H,4-8H2,1-3H3. The molecule has 1 aliphatic rings. The smallest absolute Gasteiger partial charge is 0.167 e. The minimum atomic E-state index is -0.153. The summed E-state index contributed by atoms with van der Waals surface area (Å²) in [6.45, 7) is 6.19. The monoisotopic (exact) mass is 180 g/mol. The average molecular weight is 180 g/mol. The van der Waals surface area contributed by atoms with Crippen LogP contribution in [0.2, 0.25) is 0 Å². The quantitative estimate of drug-likeness (QED) is 0.592. The van der Waals surface area contributed by atoms with Crippen molar-refractivity contribution >= 4 is 5.78 Å². The topological polar surface area (TPSA) is 17.1 Å². The van der Waals surface area contributed by atoms with Crippen LogP contribution >= 0.6 is 0 Å². The van der Waals surface area contributed by atoms with Crippen molar-refractivity contribution in [1.82, 2.24) is 0 Å². The number of allylic oxidation sites excluding steroid dienone is 2. The van der Waals surface area contributed by atoms with Gasteiger partial charge in [-0.25, -0.2) is 0 Å². The largest absolute Gasteiger partial charge is 0.294 e. The van der Waals surface area contributed by atoms with Gasteiger partial charge in [-0.3, -0.25) is 4.79 Å². The van der Waals surface area contributed by atoms with E-state index in [0.717, 1.165) is 12.0 Å². The van der Waals surface area contributed by atoms with E-state index < -0.39 is 0 Å². The summed E-state index contributed by atoms with van der Waals surface area (Å²) < 4.78 is 0. The van der Waals surface area contributed by atoms with E-state index in [1.165, 1.54) is 25.7 Å². The Balaban J connectivity index is 2.22. The molecule has 0 amide bonds. The molecule has 0 heterocycles. The van der Waals surface area contributed by atoms with Gasteiger partial charge in [-0.1, -0.05) is 32.3 Å². The zero-order valence-electron chi connectivity index (χ0n) is 9.02. The highest BCUT2D eigenvalue weighted by Crippen LogP contribution is 2.36. The van der Waals surface area contributed by atoms with Crippen LogP contribution < -0.4 is 0 Å². The van der Waals surface area contributed by atoms with Crippen LogP contribution in [0.3, 0.4) is 0 Å². The van der Waals surface area contributed by atoms with Gasteiger partial charge in [0, 0.05) is 5.41 Å². The van der Waals surface area contributed by atoms with Gasteiger partial charge < -0.3 is 0 Å². The maximum absolute atomic E-state index is 11.5. The molecule has 1 heteroatoms. The molecule has 0 N–H and O–H groups in total. The summed E-state index contributed by atoms with van der Waals surface area (Å²) in [5.41, 5.74) is 0.918. The fraction of sp³-hybridized carbons (Fsp3) is 0.750. The van der Waals surface area contributed by atoms with Gasteiger partial charge in [0.25, 0.3) is 0 Å². The fourth-order valence-corrected chi connectivity index (χ4v) is 1.83. The third-order valence-corrected chi connectivity index (χ3v) is 2.71. The van der Waals surface area contributed by atoms with Crippen molar-refractivity contribution in [2.24, 2.45) is 5.41 Å².